The number of amides is 2. The molecule has 0 radical (unpaired) electrons. The highest BCUT2D eigenvalue weighted by Crippen LogP contribution is 2.47. The van der Waals surface area contributed by atoms with Crippen LogP contribution in [0.4, 0.5) is 0 Å². The zero-order valence-electron chi connectivity index (χ0n) is 20.8. The van der Waals surface area contributed by atoms with Gasteiger partial charge in [-0.2, -0.15) is 0 Å². The Morgan fingerprint density at radius 2 is 1.64 bits per heavy atom. The molecule has 1 aliphatic heterocycles. The summed E-state index contributed by atoms with van der Waals surface area (Å²) in [5, 5.41) is 9.95. The zero-order valence-corrected chi connectivity index (χ0v) is 21.6. The Bertz CT molecular complexity index is 1100. The van der Waals surface area contributed by atoms with Crippen molar-refractivity contribution in [1.29, 1.82) is 0 Å². The molecule has 1 aliphatic carbocycles. The van der Waals surface area contributed by atoms with E-state index in [1.54, 1.807) is 17.0 Å². The third-order valence-corrected chi connectivity index (χ3v) is 8.05. The van der Waals surface area contributed by atoms with E-state index in [-0.39, 0.29) is 48.3 Å². The molecule has 0 spiro atoms. The number of hydrogen-bond acceptors (Lipinski definition) is 4. The molecule has 194 valence electrons. The van der Waals surface area contributed by atoms with Crippen LogP contribution in [0.25, 0.3) is 0 Å². The number of nitrogens with zero attached hydrogens (tertiary/aromatic N) is 1. The van der Waals surface area contributed by atoms with Crippen LogP contribution in [-0.4, -0.2) is 46.4 Å². The van der Waals surface area contributed by atoms with Crippen LogP contribution in [0.15, 0.2) is 48.5 Å². The van der Waals surface area contributed by atoms with Gasteiger partial charge in [0.05, 0.1) is 5.56 Å². The average Bonchev–Trinajstić information content (AvgIpc) is 3.24. The van der Waals surface area contributed by atoms with Crippen molar-refractivity contribution < 1.29 is 19.5 Å². The molecule has 4 rings (SSSR count). The quantitative estimate of drug-likeness (QED) is 0.541. The number of rotatable bonds is 6. The van der Waals surface area contributed by atoms with Crippen LogP contribution in [0, 0.1) is 18.8 Å². The Balaban J connectivity index is 0.00000361. The number of nitrogens with two attached hydrogens (primary N) is 2. The van der Waals surface area contributed by atoms with E-state index in [0.717, 1.165) is 36.8 Å². The maximum absolute atomic E-state index is 13.8. The number of aryl methyl sites for hydroxylation is 1. The van der Waals surface area contributed by atoms with Crippen LogP contribution < -0.4 is 11.5 Å². The summed E-state index contributed by atoms with van der Waals surface area (Å²) in [6.07, 6.45) is 3.24. The molecule has 7 nitrogen and oxygen atoms in total. The molecule has 2 aliphatic rings. The fourth-order valence-corrected chi connectivity index (χ4v) is 6.26. The van der Waals surface area contributed by atoms with Gasteiger partial charge in [0.2, 0.25) is 11.8 Å². The predicted octanol–water partition coefficient (Wildman–Crippen LogP) is 3.83. The number of halogens is 1. The largest absolute Gasteiger partial charge is 0.478 e. The molecule has 4 atom stereocenters. The van der Waals surface area contributed by atoms with Gasteiger partial charge in [0.15, 0.2) is 0 Å². The topological polar surface area (TPSA) is 127 Å². The number of carbonyl (C=O) groups is 3. The molecule has 2 aromatic rings. The van der Waals surface area contributed by atoms with Gasteiger partial charge in [-0.3, -0.25) is 9.59 Å². The second kappa shape index (κ2) is 11.4. The maximum Gasteiger partial charge on any atom is 0.335 e. The van der Waals surface area contributed by atoms with Gasteiger partial charge < -0.3 is 21.5 Å². The molecule has 0 aromatic heterocycles. The van der Waals surface area contributed by atoms with E-state index in [9.17, 15) is 19.5 Å². The van der Waals surface area contributed by atoms with Crippen molar-refractivity contribution in [3.8, 4) is 0 Å². The van der Waals surface area contributed by atoms with Gasteiger partial charge in [0, 0.05) is 30.3 Å². The maximum atomic E-state index is 13.8. The third kappa shape index (κ3) is 5.27. The Hall–Kier alpha value is -2.90. The Labute approximate surface area is 218 Å². The number of benzene rings is 2. The summed E-state index contributed by atoms with van der Waals surface area (Å²) in [5.41, 5.74) is 14.6. The average molecular weight is 514 g/mol. The molecule has 2 unspecified atom stereocenters. The van der Waals surface area contributed by atoms with Gasteiger partial charge in [-0.15, -0.1) is 12.4 Å². The monoisotopic (exact) mass is 513 g/mol. The molecule has 1 saturated carbocycles. The minimum absolute atomic E-state index is 0. The first-order valence-electron chi connectivity index (χ1n) is 12.4. The molecule has 1 heterocycles. The van der Waals surface area contributed by atoms with E-state index in [1.807, 2.05) is 50.2 Å². The Morgan fingerprint density at radius 3 is 2.19 bits per heavy atom. The van der Waals surface area contributed by atoms with E-state index in [4.69, 9.17) is 11.5 Å². The smallest absolute Gasteiger partial charge is 0.335 e. The van der Waals surface area contributed by atoms with Crippen LogP contribution in [-0.2, 0) is 9.59 Å². The van der Waals surface area contributed by atoms with Crippen LogP contribution in [0.1, 0.15) is 71.5 Å². The molecule has 36 heavy (non-hydrogen) atoms. The minimum Gasteiger partial charge on any atom is -0.478 e. The molecule has 8 heteroatoms. The molecule has 2 fully saturated rings. The van der Waals surface area contributed by atoms with Gasteiger partial charge >= 0.3 is 5.97 Å². The summed E-state index contributed by atoms with van der Waals surface area (Å²) in [6, 6.07) is 14.0. The highest BCUT2D eigenvalue weighted by Gasteiger charge is 2.50. The lowest BCUT2D eigenvalue weighted by Crippen LogP contribution is -2.48. The van der Waals surface area contributed by atoms with E-state index in [2.05, 4.69) is 0 Å². The molecule has 2 aromatic carbocycles. The number of carbonyl (C=O) groups excluding carboxylic acids is 2. The number of likely N-dealkylation sites (tertiary alicyclic amines) is 1. The molecular weight excluding hydrogens is 478 g/mol. The summed E-state index contributed by atoms with van der Waals surface area (Å²) in [4.78, 5) is 40.5. The second-order valence-corrected chi connectivity index (χ2v) is 10.2. The van der Waals surface area contributed by atoms with Gasteiger partial charge in [0.1, 0.15) is 6.04 Å². The van der Waals surface area contributed by atoms with E-state index < -0.39 is 23.8 Å². The lowest BCUT2D eigenvalue weighted by molar-refractivity contribution is -0.142. The summed E-state index contributed by atoms with van der Waals surface area (Å²) in [6.45, 7) is 4.14. The SMILES string of the molecule is Cc1cccc(C(=O)O)c1C1CN(C(=O)C2CCC(C(C)N)CC2)[C@H](C(N)=O)[C@@H]1c1ccccc1.Cl. The van der Waals surface area contributed by atoms with Crippen molar-refractivity contribution in [2.75, 3.05) is 6.54 Å². The molecule has 5 N–H and O–H groups in total. The first-order valence-corrected chi connectivity index (χ1v) is 12.4. The fourth-order valence-electron chi connectivity index (χ4n) is 6.26. The van der Waals surface area contributed by atoms with Crippen LogP contribution in [0.2, 0.25) is 0 Å². The molecule has 0 bridgehead atoms. The first-order chi connectivity index (χ1) is 16.7. The summed E-state index contributed by atoms with van der Waals surface area (Å²) in [7, 11) is 0. The molecule has 1 saturated heterocycles. The van der Waals surface area contributed by atoms with Crippen LogP contribution >= 0.6 is 12.4 Å². The highest BCUT2D eigenvalue weighted by molar-refractivity contribution is 5.92. The predicted molar refractivity (Wildman–Crippen MR) is 141 cm³/mol. The number of aromatic carboxylic acids is 1. The summed E-state index contributed by atoms with van der Waals surface area (Å²) < 4.78 is 0. The van der Waals surface area contributed by atoms with E-state index in [0.29, 0.717) is 11.5 Å². The lowest BCUT2D eigenvalue weighted by atomic mass is 9.77. The lowest BCUT2D eigenvalue weighted by Gasteiger charge is -2.34. The third-order valence-electron chi connectivity index (χ3n) is 8.05. The Morgan fingerprint density at radius 1 is 1.00 bits per heavy atom. The van der Waals surface area contributed by atoms with Crippen LogP contribution in [0.3, 0.4) is 0 Å². The number of primary amides is 1. The Kier molecular flexibility index (Phi) is 8.80. The molecule has 2 amide bonds. The van der Waals surface area contributed by atoms with Crippen molar-refractivity contribution in [3.05, 3.63) is 70.8 Å². The van der Waals surface area contributed by atoms with Crippen molar-refractivity contribution in [2.45, 2.75) is 63.5 Å². The number of carboxylic acid groups (broad SMARTS) is 1. The van der Waals surface area contributed by atoms with Crippen molar-refractivity contribution in [2.24, 2.45) is 23.3 Å². The van der Waals surface area contributed by atoms with E-state index in [1.165, 1.54) is 0 Å². The van der Waals surface area contributed by atoms with Crippen molar-refractivity contribution in [1.82, 2.24) is 4.90 Å². The number of hydrogen-bond donors (Lipinski definition) is 3. The van der Waals surface area contributed by atoms with Gasteiger partial charge in [0.25, 0.3) is 0 Å². The van der Waals surface area contributed by atoms with E-state index >= 15 is 0 Å². The summed E-state index contributed by atoms with van der Waals surface area (Å²) >= 11 is 0. The van der Waals surface area contributed by atoms with Gasteiger partial charge in [-0.25, -0.2) is 4.79 Å². The molecular formula is C28H36ClN3O4. The number of carboxylic acids is 1. The van der Waals surface area contributed by atoms with Crippen molar-refractivity contribution in [3.63, 3.8) is 0 Å². The van der Waals surface area contributed by atoms with Crippen LogP contribution in [0.5, 0.6) is 0 Å². The zero-order chi connectivity index (χ0) is 25.3. The second-order valence-electron chi connectivity index (χ2n) is 10.2. The normalized spacial score (nSPS) is 26.6. The summed E-state index contributed by atoms with van der Waals surface area (Å²) in [5.74, 6) is -2.23. The minimum atomic E-state index is -1.02. The van der Waals surface area contributed by atoms with Gasteiger partial charge in [-0.05, 0) is 68.2 Å². The standard InChI is InChI=1S/C28H35N3O4.ClH/c1-16-7-6-10-21(28(34)35)23(16)22-15-31(27(33)20-13-11-18(12-14-20)17(2)29)25(26(30)32)24(22)19-8-4-3-5-9-19;/h3-10,17-18,20,22,24-25H,11-15,29H2,1-2H3,(H2,30,32)(H,34,35);1H/t17?,18?,20?,22?,24-,25+;/m1./s1. The fraction of sp³-hybridized carbons (Fsp3) is 0.464. The van der Waals surface area contributed by atoms with Crippen molar-refractivity contribution >= 4 is 30.2 Å². The first kappa shape index (κ1) is 27.7. The van der Waals surface area contributed by atoms with Gasteiger partial charge in [-0.1, -0.05) is 42.5 Å². The highest BCUT2D eigenvalue weighted by atomic mass is 35.5.